The summed E-state index contributed by atoms with van der Waals surface area (Å²) >= 11 is 0. The Morgan fingerprint density at radius 3 is 2.55 bits per heavy atom. The van der Waals surface area contributed by atoms with Crippen molar-refractivity contribution in [3.8, 4) is 0 Å². The Hall–Kier alpha value is -3.58. The van der Waals surface area contributed by atoms with E-state index in [9.17, 15) is 31.5 Å². The molecule has 0 spiro atoms. The molecule has 2 unspecified atom stereocenters. The van der Waals surface area contributed by atoms with Crippen LogP contribution in [0.4, 0.5) is 22.0 Å². The molecule has 9 nitrogen and oxygen atoms in total. The first kappa shape index (κ1) is 27.5. The van der Waals surface area contributed by atoms with Crippen LogP contribution in [0.3, 0.4) is 0 Å². The average Bonchev–Trinajstić information content (AvgIpc) is 3.51. The molecule has 4 rings (SSSR count). The smallest absolute Gasteiger partial charge is 0.289 e. The molecule has 1 aliphatic carbocycles. The van der Waals surface area contributed by atoms with E-state index in [4.69, 9.17) is 0 Å². The third-order valence-corrected chi connectivity index (χ3v) is 6.83. The van der Waals surface area contributed by atoms with E-state index in [1.165, 1.54) is 11.0 Å². The van der Waals surface area contributed by atoms with Gasteiger partial charge in [0.2, 0.25) is 17.9 Å². The average molecular weight is 542 g/mol. The maximum atomic E-state index is 13.8. The number of amides is 2. The van der Waals surface area contributed by atoms with Gasteiger partial charge in [0.1, 0.15) is 18.8 Å². The summed E-state index contributed by atoms with van der Waals surface area (Å²) in [5, 5.41) is 9.06. The molecule has 3 aromatic rings. The lowest BCUT2D eigenvalue weighted by Gasteiger charge is -2.33. The number of rotatable bonds is 9. The molecule has 0 bridgehead atoms. The molecule has 2 heterocycles. The number of carbonyl (C=O) groups is 2. The molecule has 0 radical (unpaired) electrons. The number of aryl methyl sites for hydroxylation is 1. The van der Waals surface area contributed by atoms with Crippen LogP contribution in [0.25, 0.3) is 11.0 Å². The monoisotopic (exact) mass is 541 g/mol. The lowest BCUT2D eigenvalue weighted by atomic mass is 9.81. The lowest BCUT2D eigenvalue weighted by Crippen LogP contribution is -2.39. The van der Waals surface area contributed by atoms with Crippen molar-refractivity contribution in [2.24, 2.45) is 13.0 Å². The summed E-state index contributed by atoms with van der Waals surface area (Å²) < 4.78 is 68.3. The third-order valence-electron chi connectivity index (χ3n) is 6.83. The Balaban J connectivity index is 1.58. The van der Waals surface area contributed by atoms with Crippen LogP contribution in [0.15, 0.2) is 24.5 Å². The van der Waals surface area contributed by atoms with Crippen molar-refractivity contribution in [3.05, 3.63) is 41.7 Å². The number of nitrogens with one attached hydrogen (secondary N) is 3. The van der Waals surface area contributed by atoms with Gasteiger partial charge in [-0.2, -0.15) is 5.10 Å². The van der Waals surface area contributed by atoms with E-state index in [1.54, 1.807) is 32.2 Å². The van der Waals surface area contributed by atoms with Crippen LogP contribution in [-0.2, 0) is 11.8 Å². The van der Waals surface area contributed by atoms with E-state index < -0.39 is 48.8 Å². The fraction of sp³-hybridized carbons (Fsp3) is 0.542. The number of hydrogen-bond donors (Lipinski definition) is 3. The fourth-order valence-corrected chi connectivity index (χ4v) is 4.60. The number of fused-ring (bicyclic) bond motifs is 1. The zero-order valence-corrected chi connectivity index (χ0v) is 20.7. The molecule has 0 aliphatic heterocycles. The number of hydrogen-bond acceptors (Lipinski definition) is 5. The maximum absolute atomic E-state index is 13.8. The van der Waals surface area contributed by atoms with Crippen LogP contribution >= 0.6 is 0 Å². The maximum Gasteiger partial charge on any atom is 0.289 e. The van der Waals surface area contributed by atoms with Crippen LogP contribution < -0.4 is 10.6 Å². The molecular weight excluding hydrogens is 513 g/mol. The number of nitrogens with zero attached hydrogens (tertiary/aromatic N) is 4. The number of aromatic nitrogens is 5. The largest absolute Gasteiger partial charge is 0.347 e. The van der Waals surface area contributed by atoms with Crippen LogP contribution in [0.5, 0.6) is 0 Å². The highest BCUT2D eigenvalue weighted by Crippen LogP contribution is 2.41. The first-order chi connectivity index (χ1) is 18.0. The van der Waals surface area contributed by atoms with Gasteiger partial charge >= 0.3 is 0 Å². The number of halogens is 5. The Bertz CT molecular complexity index is 1290. The summed E-state index contributed by atoms with van der Waals surface area (Å²) in [7, 11) is 1.55. The second kappa shape index (κ2) is 11.0. The van der Waals surface area contributed by atoms with E-state index in [-0.39, 0.29) is 37.4 Å². The quantitative estimate of drug-likeness (QED) is 0.356. The normalized spacial score (nSPS) is 19.0. The van der Waals surface area contributed by atoms with Crippen molar-refractivity contribution in [2.75, 3.05) is 6.67 Å². The first-order valence-corrected chi connectivity index (χ1v) is 12.2. The van der Waals surface area contributed by atoms with E-state index in [0.29, 0.717) is 22.4 Å². The molecule has 2 aromatic heterocycles. The van der Waals surface area contributed by atoms with Gasteiger partial charge in [-0.25, -0.2) is 36.6 Å². The number of imidazole rings is 1. The van der Waals surface area contributed by atoms with Gasteiger partial charge in [-0.15, -0.1) is 0 Å². The standard InChI is InChI=1S/C24H28F5N7O2/c1-12(32-22(37)18(27)15(26)10-25)14-3-4-16-17(9-14)34-20(33-16)19(13-5-7-24(28,29)8-6-13)35-23(38)21-30-11-31-36(21)2/h3-4,9,11-13,15,18-19H,5-8,10H2,1-2H3,(H,32,37)(H,33,34)(H,35,38)/t12-,15?,18?,19+/m1/s1. The zero-order chi connectivity index (χ0) is 27.6. The molecule has 1 fully saturated rings. The zero-order valence-electron chi connectivity index (χ0n) is 20.7. The van der Waals surface area contributed by atoms with Gasteiger partial charge in [0.25, 0.3) is 11.8 Å². The van der Waals surface area contributed by atoms with Gasteiger partial charge < -0.3 is 15.6 Å². The Kier molecular flexibility index (Phi) is 7.97. The summed E-state index contributed by atoms with van der Waals surface area (Å²) in [6, 6.07) is 3.44. The minimum Gasteiger partial charge on any atom is -0.347 e. The molecule has 4 atom stereocenters. The lowest BCUT2D eigenvalue weighted by molar-refractivity contribution is -0.129. The molecule has 0 saturated heterocycles. The van der Waals surface area contributed by atoms with Crippen molar-refractivity contribution < 1.29 is 31.5 Å². The number of benzene rings is 1. The molecular formula is C24H28F5N7O2. The van der Waals surface area contributed by atoms with E-state index in [2.05, 4.69) is 30.7 Å². The number of H-pyrrole nitrogens is 1. The molecule has 3 N–H and O–H groups in total. The van der Waals surface area contributed by atoms with Crippen molar-refractivity contribution in [2.45, 2.75) is 63.0 Å². The second-order valence-corrected chi connectivity index (χ2v) is 9.55. The number of carbonyl (C=O) groups excluding carboxylic acids is 2. The van der Waals surface area contributed by atoms with Crippen LogP contribution in [-0.4, -0.2) is 61.5 Å². The molecule has 38 heavy (non-hydrogen) atoms. The molecule has 1 aromatic carbocycles. The van der Waals surface area contributed by atoms with E-state index in [0.717, 1.165) is 0 Å². The molecule has 1 aliphatic rings. The second-order valence-electron chi connectivity index (χ2n) is 9.55. The van der Waals surface area contributed by atoms with Crippen molar-refractivity contribution in [3.63, 3.8) is 0 Å². The summed E-state index contributed by atoms with van der Waals surface area (Å²) in [5.41, 5.74) is 1.55. The van der Waals surface area contributed by atoms with Gasteiger partial charge in [-0.3, -0.25) is 9.59 Å². The van der Waals surface area contributed by atoms with Crippen LogP contribution in [0, 0.1) is 5.92 Å². The van der Waals surface area contributed by atoms with Gasteiger partial charge in [0, 0.05) is 19.9 Å². The van der Waals surface area contributed by atoms with E-state index >= 15 is 0 Å². The van der Waals surface area contributed by atoms with E-state index in [1.807, 2.05) is 0 Å². The van der Waals surface area contributed by atoms with Gasteiger partial charge in [-0.05, 0) is 43.4 Å². The minimum atomic E-state index is -2.76. The van der Waals surface area contributed by atoms with Gasteiger partial charge in [0.05, 0.1) is 23.1 Å². The molecule has 2 amide bonds. The minimum absolute atomic E-state index is 0.0496. The highest BCUT2D eigenvalue weighted by atomic mass is 19.3. The summed E-state index contributed by atoms with van der Waals surface area (Å²) in [6.07, 6.45) is -4.24. The number of aromatic amines is 1. The van der Waals surface area contributed by atoms with Crippen LogP contribution in [0.1, 0.15) is 66.7 Å². The van der Waals surface area contributed by atoms with Crippen molar-refractivity contribution in [1.29, 1.82) is 0 Å². The molecule has 14 heteroatoms. The highest BCUT2D eigenvalue weighted by molar-refractivity contribution is 5.91. The van der Waals surface area contributed by atoms with Gasteiger partial charge in [-0.1, -0.05) is 6.07 Å². The summed E-state index contributed by atoms with van der Waals surface area (Å²) in [4.78, 5) is 36.5. The van der Waals surface area contributed by atoms with Crippen molar-refractivity contribution in [1.82, 2.24) is 35.4 Å². The van der Waals surface area contributed by atoms with Gasteiger partial charge in [0.15, 0.2) is 6.17 Å². The Morgan fingerprint density at radius 1 is 1.21 bits per heavy atom. The third kappa shape index (κ3) is 5.94. The topological polar surface area (TPSA) is 118 Å². The number of alkyl halides is 5. The molecule has 206 valence electrons. The summed E-state index contributed by atoms with van der Waals surface area (Å²) in [6.45, 7) is -0.0588. The van der Waals surface area contributed by atoms with Crippen LogP contribution in [0.2, 0.25) is 0 Å². The van der Waals surface area contributed by atoms with Crippen molar-refractivity contribution >= 4 is 22.8 Å². The summed E-state index contributed by atoms with van der Waals surface area (Å²) in [5.74, 6) is -4.49. The highest BCUT2D eigenvalue weighted by Gasteiger charge is 2.40. The Morgan fingerprint density at radius 2 is 1.92 bits per heavy atom. The fourth-order valence-electron chi connectivity index (χ4n) is 4.60. The molecule has 1 saturated carbocycles. The Labute approximate surface area is 214 Å². The first-order valence-electron chi connectivity index (χ1n) is 12.2. The predicted molar refractivity (Wildman–Crippen MR) is 127 cm³/mol. The predicted octanol–water partition coefficient (Wildman–Crippen LogP) is 3.81. The SMILES string of the molecule is C[C@@H](NC(=O)C(F)C(F)CF)c1ccc2nc([C@@H](NC(=O)c3ncnn3C)C3CCC(F)(F)CC3)[nH]c2c1.